The molecule has 1 aliphatic heterocycles. The van der Waals surface area contributed by atoms with Gasteiger partial charge in [0.2, 0.25) is 15.9 Å². The molecule has 138 valence electrons. The second-order valence-electron chi connectivity index (χ2n) is 6.54. The fourth-order valence-corrected chi connectivity index (χ4v) is 3.44. The number of nitrogens with one attached hydrogen (secondary N) is 1. The predicted molar refractivity (Wildman–Crippen MR) is 99.2 cm³/mol. The standard InChI is InChI=1S/C18H21N3O4S/c1-12(2)18(22)21-16(17-9-6-10-25-17)11-15(19-21)13-7-4-5-8-14(13)20-26(3,23)24/h4-10,12,16,20H,11H2,1-3H3. The highest BCUT2D eigenvalue weighted by Crippen LogP contribution is 2.35. The van der Waals surface area contributed by atoms with Gasteiger partial charge in [-0.05, 0) is 18.2 Å². The highest BCUT2D eigenvalue weighted by Gasteiger charge is 2.36. The molecule has 1 aliphatic rings. The number of carbonyl (C=O) groups excluding carboxylic acids is 1. The number of benzene rings is 1. The van der Waals surface area contributed by atoms with E-state index in [0.29, 0.717) is 29.1 Å². The number of hydrazone groups is 1. The molecule has 26 heavy (non-hydrogen) atoms. The van der Waals surface area contributed by atoms with Crippen molar-refractivity contribution in [2.45, 2.75) is 26.3 Å². The van der Waals surface area contributed by atoms with Crippen LogP contribution in [0.2, 0.25) is 0 Å². The van der Waals surface area contributed by atoms with Gasteiger partial charge in [-0.25, -0.2) is 13.4 Å². The van der Waals surface area contributed by atoms with E-state index in [1.54, 1.807) is 36.6 Å². The fourth-order valence-electron chi connectivity index (χ4n) is 2.87. The molecule has 1 unspecified atom stereocenters. The van der Waals surface area contributed by atoms with Crippen LogP contribution in [0.5, 0.6) is 0 Å². The lowest BCUT2D eigenvalue weighted by Crippen LogP contribution is -2.30. The summed E-state index contributed by atoms with van der Waals surface area (Å²) in [5.74, 6) is 0.307. The number of hydrogen-bond donors (Lipinski definition) is 1. The topological polar surface area (TPSA) is 92.0 Å². The average Bonchev–Trinajstić information content (AvgIpc) is 3.22. The molecule has 1 N–H and O–H groups in total. The molecule has 1 amide bonds. The zero-order valence-electron chi connectivity index (χ0n) is 14.8. The largest absolute Gasteiger partial charge is 0.467 e. The Balaban J connectivity index is 2.01. The molecular weight excluding hydrogens is 354 g/mol. The van der Waals surface area contributed by atoms with Gasteiger partial charge in [0.25, 0.3) is 0 Å². The van der Waals surface area contributed by atoms with Crippen LogP contribution in [0.25, 0.3) is 0 Å². The molecular formula is C18H21N3O4S. The number of amides is 1. The van der Waals surface area contributed by atoms with Crippen LogP contribution < -0.4 is 4.72 Å². The van der Waals surface area contributed by atoms with Crippen LogP contribution in [-0.2, 0) is 14.8 Å². The molecule has 0 aliphatic carbocycles. The van der Waals surface area contributed by atoms with Gasteiger partial charge in [0.05, 0.1) is 23.9 Å². The summed E-state index contributed by atoms with van der Waals surface area (Å²) >= 11 is 0. The summed E-state index contributed by atoms with van der Waals surface area (Å²) in [5.41, 5.74) is 1.71. The van der Waals surface area contributed by atoms with E-state index < -0.39 is 10.0 Å². The van der Waals surface area contributed by atoms with E-state index >= 15 is 0 Å². The Labute approximate surface area is 152 Å². The molecule has 0 saturated heterocycles. The zero-order chi connectivity index (χ0) is 18.9. The fraction of sp³-hybridized carbons (Fsp3) is 0.333. The normalized spacial score (nSPS) is 17.5. The van der Waals surface area contributed by atoms with Crippen molar-refractivity contribution in [1.29, 1.82) is 0 Å². The Kier molecular flexibility index (Phi) is 4.86. The molecule has 2 heterocycles. The number of carbonyl (C=O) groups is 1. The van der Waals surface area contributed by atoms with Crippen molar-refractivity contribution < 1.29 is 17.6 Å². The van der Waals surface area contributed by atoms with Crippen molar-refractivity contribution in [3.05, 3.63) is 54.0 Å². The van der Waals surface area contributed by atoms with Crippen LogP contribution in [0, 0.1) is 5.92 Å². The number of para-hydroxylation sites is 1. The Bertz CT molecular complexity index is 933. The van der Waals surface area contributed by atoms with Gasteiger partial charge >= 0.3 is 0 Å². The van der Waals surface area contributed by atoms with Crippen molar-refractivity contribution in [3.8, 4) is 0 Å². The van der Waals surface area contributed by atoms with Crippen LogP contribution in [0.15, 0.2) is 52.2 Å². The Morgan fingerprint density at radius 1 is 1.27 bits per heavy atom. The second-order valence-corrected chi connectivity index (χ2v) is 8.29. The van der Waals surface area contributed by atoms with Crippen molar-refractivity contribution in [1.82, 2.24) is 5.01 Å². The van der Waals surface area contributed by atoms with E-state index in [1.807, 2.05) is 19.9 Å². The lowest BCUT2D eigenvalue weighted by Gasteiger charge is -2.21. The SMILES string of the molecule is CC(C)C(=O)N1N=C(c2ccccc2NS(C)(=O)=O)CC1c1ccco1. The first-order valence-corrected chi connectivity index (χ1v) is 10.2. The molecule has 0 bridgehead atoms. The summed E-state index contributed by atoms with van der Waals surface area (Å²) in [6.45, 7) is 3.63. The van der Waals surface area contributed by atoms with Crippen LogP contribution in [0.3, 0.4) is 0 Å². The molecule has 0 saturated carbocycles. The van der Waals surface area contributed by atoms with Gasteiger partial charge in [0.1, 0.15) is 11.8 Å². The minimum Gasteiger partial charge on any atom is -0.467 e. The first-order chi connectivity index (χ1) is 12.3. The number of anilines is 1. The predicted octanol–water partition coefficient (Wildman–Crippen LogP) is 2.98. The molecule has 0 spiro atoms. The highest BCUT2D eigenvalue weighted by atomic mass is 32.2. The van der Waals surface area contributed by atoms with Gasteiger partial charge in [-0.3, -0.25) is 9.52 Å². The Hall–Kier alpha value is -2.61. The first-order valence-electron chi connectivity index (χ1n) is 8.27. The Morgan fingerprint density at radius 3 is 2.62 bits per heavy atom. The maximum Gasteiger partial charge on any atom is 0.245 e. The maximum absolute atomic E-state index is 12.6. The van der Waals surface area contributed by atoms with Crippen LogP contribution in [0.4, 0.5) is 5.69 Å². The molecule has 1 atom stereocenters. The van der Waals surface area contributed by atoms with E-state index in [2.05, 4.69) is 9.82 Å². The van der Waals surface area contributed by atoms with Gasteiger partial charge < -0.3 is 4.42 Å². The number of hydrogen-bond acceptors (Lipinski definition) is 5. The van der Waals surface area contributed by atoms with Crippen LogP contribution in [-0.4, -0.2) is 31.3 Å². The summed E-state index contributed by atoms with van der Waals surface area (Å²) in [6, 6.07) is 10.2. The first kappa shape index (κ1) is 18.2. The average molecular weight is 375 g/mol. The molecule has 0 fully saturated rings. The molecule has 1 aromatic carbocycles. The third-order valence-electron chi connectivity index (χ3n) is 4.03. The third-order valence-corrected chi connectivity index (χ3v) is 4.63. The molecule has 3 rings (SSSR count). The van der Waals surface area contributed by atoms with Gasteiger partial charge in [-0.2, -0.15) is 5.10 Å². The number of sulfonamides is 1. The summed E-state index contributed by atoms with van der Waals surface area (Å²) in [4.78, 5) is 12.6. The summed E-state index contributed by atoms with van der Waals surface area (Å²) in [7, 11) is -3.43. The van der Waals surface area contributed by atoms with E-state index in [9.17, 15) is 13.2 Å². The summed E-state index contributed by atoms with van der Waals surface area (Å²) in [6.07, 6.45) is 3.10. The highest BCUT2D eigenvalue weighted by molar-refractivity contribution is 7.92. The second kappa shape index (κ2) is 6.95. The van der Waals surface area contributed by atoms with Crippen LogP contribution >= 0.6 is 0 Å². The molecule has 1 aromatic heterocycles. The van der Waals surface area contributed by atoms with Gasteiger partial charge in [-0.15, -0.1) is 0 Å². The van der Waals surface area contributed by atoms with Crippen molar-refractivity contribution in [3.63, 3.8) is 0 Å². The quantitative estimate of drug-likeness (QED) is 0.869. The van der Waals surface area contributed by atoms with Gasteiger partial charge in [0, 0.05) is 17.9 Å². The maximum atomic E-state index is 12.6. The third kappa shape index (κ3) is 3.80. The lowest BCUT2D eigenvalue weighted by molar-refractivity contribution is -0.136. The van der Waals surface area contributed by atoms with Crippen molar-refractivity contribution in [2.75, 3.05) is 11.0 Å². The van der Waals surface area contributed by atoms with Crippen molar-refractivity contribution in [2.24, 2.45) is 11.0 Å². The molecule has 8 heteroatoms. The molecule has 7 nitrogen and oxygen atoms in total. The summed E-state index contributed by atoms with van der Waals surface area (Å²) in [5, 5.41) is 5.95. The van der Waals surface area contributed by atoms with E-state index in [4.69, 9.17) is 4.42 Å². The molecule has 0 radical (unpaired) electrons. The smallest absolute Gasteiger partial charge is 0.245 e. The minimum atomic E-state index is -3.43. The van der Waals surface area contributed by atoms with Gasteiger partial charge in [-0.1, -0.05) is 32.0 Å². The lowest BCUT2D eigenvalue weighted by atomic mass is 10.0. The van der Waals surface area contributed by atoms with E-state index in [0.717, 1.165) is 6.26 Å². The molecule has 2 aromatic rings. The van der Waals surface area contributed by atoms with E-state index in [1.165, 1.54) is 5.01 Å². The van der Waals surface area contributed by atoms with E-state index in [-0.39, 0.29) is 17.9 Å². The van der Waals surface area contributed by atoms with Gasteiger partial charge in [0.15, 0.2) is 0 Å². The number of rotatable bonds is 5. The number of nitrogens with zero attached hydrogens (tertiary/aromatic N) is 2. The van der Waals surface area contributed by atoms with Crippen LogP contribution in [0.1, 0.15) is 37.6 Å². The minimum absolute atomic E-state index is 0.116. The number of furan rings is 1. The monoisotopic (exact) mass is 375 g/mol. The summed E-state index contributed by atoms with van der Waals surface area (Å²) < 4.78 is 31.3. The van der Waals surface area contributed by atoms with Crippen molar-refractivity contribution >= 4 is 27.3 Å². The zero-order valence-corrected chi connectivity index (χ0v) is 15.7. The Morgan fingerprint density at radius 2 is 2.00 bits per heavy atom.